The SMILES string of the molecule is CC(C)(C)OC(=O)N1CCC(n2nc(CC(=O)O)c3ccccc3c2=O)CC1. The Kier molecular flexibility index (Phi) is 5.40. The monoisotopic (exact) mass is 387 g/mol. The minimum atomic E-state index is -0.998. The predicted molar refractivity (Wildman–Crippen MR) is 103 cm³/mol. The second-order valence-corrected chi connectivity index (χ2v) is 8.01. The van der Waals surface area contributed by atoms with Gasteiger partial charge in [0.1, 0.15) is 5.60 Å². The molecular weight excluding hydrogens is 362 g/mol. The Morgan fingerprint density at radius 1 is 1.18 bits per heavy atom. The molecule has 0 radical (unpaired) electrons. The van der Waals surface area contributed by atoms with Gasteiger partial charge in [-0.1, -0.05) is 18.2 Å². The van der Waals surface area contributed by atoms with E-state index >= 15 is 0 Å². The van der Waals surface area contributed by atoms with Gasteiger partial charge < -0.3 is 14.7 Å². The van der Waals surface area contributed by atoms with E-state index in [9.17, 15) is 19.5 Å². The highest BCUT2D eigenvalue weighted by molar-refractivity contribution is 5.86. The van der Waals surface area contributed by atoms with Gasteiger partial charge >= 0.3 is 12.1 Å². The number of carbonyl (C=O) groups is 2. The van der Waals surface area contributed by atoms with E-state index in [0.717, 1.165) is 0 Å². The van der Waals surface area contributed by atoms with E-state index in [1.54, 1.807) is 29.2 Å². The highest BCUT2D eigenvalue weighted by Crippen LogP contribution is 2.24. The number of carboxylic acid groups (broad SMARTS) is 1. The summed E-state index contributed by atoms with van der Waals surface area (Å²) in [5.74, 6) is -0.998. The molecule has 0 saturated carbocycles. The maximum Gasteiger partial charge on any atom is 0.410 e. The average molecular weight is 387 g/mol. The number of ether oxygens (including phenoxy) is 1. The minimum Gasteiger partial charge on any atom is -0.481 e. The number of rotatable bonds is 3. The lowest BCUT2D eigenvalue weighted by Crippen LogP contribution is -2.43. The number of likely N-dealkylation sites (tertiary alicyclic amines) is 1. The van der Waals surface area contributed by atoms with Gasteiger partial charge in [0.25, 0.3) is 5.56 Å². The third kappa shape index (κ3) is 4.32. The molecular formula is C20H25N3O5. The van der Waals surface area contributed by atoms with Crippen LogP contribution in [-0.4, -0.2) is 50.5 Å². The Labute approximate surface area is 162 Å². The van der Waals surface area contributed by atoms with Crippen LogP contribution in [0.25, 0.3) is 10.8 Å². The van der Waals surface area contributed by atoms with E-state index in [0.29, 0.717) is 42.4 Å². The summed E-state index contributed by atoms with van der Waals surface area (Å²) < 4.78 is 6.80. The zero-order chi connectivity index (χ0) is 20.5. The zero-order valence-electron chi connectivity index (χ0n) is 16.3. The van der Waals surface area contributed by atoms with Crippen LogP contribution in [0, 0.1) is 0 Å². The lowest BCUT2D eigenvalue weighted by atomic mass is 10.0. The summed E-state index contributed by atoms with van der Waals surface area (Å²) in [6.07, 6.45) is 0.488. The van der Waals surface area contributed by atoms with Crippen molar-refractivity contribution in [2.75, 3.05) is 13.1 Å². The standard InChI is InChI=1S/C20H25N3O5/c1-20(2,3)28-19(27)22-10-8-13(9-11-22)23-18(26)15-7-5-4-6-14(15)16(21-23)12-17(24)25/h4-7,13H,8-12H2,1-3H3,(H,24,25). The highest BCUT2D eigenvalue weighted by Gasteiger charge is 2.29. The fourth-order valence-electron chi connectivity index (χ4n) is 3.41. The fraction of sp³-hybridized carbons (Fsp3) is 0.500. The van der Waals surface area contributed by atoms with E-state index < -0.39 is 11.6 Å². The first-order chi connectivity index (χ1) is 13.2. The maximum absolute atomic E-state index is 12.9. The lowest BCUT2D eigenvalue weighted by molar-refractivity contribution is -0.136. The molecule has 8 heteroatoms. The molecule has 1 saturated heterocycles. The number of hydrogen-bond acceptors (Lipinski definition) is 5. The number of piperidine rings is 1. The smallest absolute Gasteiger partial charge is 0.410 e. The second-order valence-electron chi connectivity index (χ2n) is 8.01. The first-order valence-corrected chi connectivity index (χ1v) is 9.36. The summed E-state index contributed by atoms with van der Waals surface area (Å²) in [6.45, 7) is 6.37. The van der Waals surface area contributed by atoms with E-state index in [4.69, 9.17) is 4.74 Å². The number of hydrogen-bond donors (Lipinski definition) is 1. The quantitative estimate of drug-likeness (QED) is 0.869. The Morgan fingerprint density at radius 3 is 2.36 bits per heavy atom. The fourth-order valence-corrected chi connectivity index (χ4v) is 3.41. The second kappa shape index (κ2) is 7.61. The van der Waals surface area contributed by atoms with Crippen LogP contribution in [0.5, 0.6) is 0 Å². The Hall–Kier alpha value is -2.90. The van der Waals surface area contributed by atoms with E-state index in [2.05, 4.69) is 5.10 Å². The predicted octanol–water partition coefficient (Wildman–Crippen LogP) is 2.60. The van der Waals surface area contributed by atoms with Crippen molar-refractivity contribution < 1.29 is 19.4 Å². The molecule has 1 aromatic heterocycles. The van der Waals surface area contributed by atoms with Gasteiger partial charge in [-0.05, 0) is 39.7 Å². The van der Waals surface area contributed by atoms with Gasteiger partial charge in [-0.2, -0.15) is 5.10 Å². The number of nitrogens with zero attached hydrogens (tertiary/aromatic N) is 3. The normalized spacial score (nSPS) is 15.6. The third-order valence-corrected chi connectivity index (χ3v) is 4.69. The number of aromatic nitrogens is 2. The van der Waals surface area contributed by atoms with E-state index in [1.165, 1.54) is 4.68 Å². The summed E-state index contributed by atoms with van der Waals surface area (Å²) in [4.78, 5) is 38.0. The van der Waals surface area contributed by atoms with Gasteiger partial charge in [-0.3, -0.25) is 9.59 Å². The molecule has 1 aromatic carbocycles. The van der Waals surface area contributed by atoms with Crippen LogP contribution in [0.2, 0.25) is 0 Å². The Morgan fingerprint density at radius 2 is 1.79 bits per heavy atom. The Bertz CT molecular complexity index is 952. The lowest BCUT2D eigenvalue weighted by Gasteiger charge is -2.33. The third-order valence-electron chi connectivity index (χ3n) is 4.69. The highest BCUT2D eigenvalue weighted by atomic mass is 16.6. The molecule has 1 amide bonds. The topological polar surface area (TPSA) is 102 Å². The number of carboxylic acids is 1. The van der Waals surface area contributed by atoms with Gasteiger partial charge in [0, 0.05) is 18.5 Å². The molecule has 1 fully saturated rings. The van der Waals surface area contributed by atoms with Crippen LogP contribution in [0.15, 0.2) is 29.1 Å². The molecule has 1 N–H and O–H groups in total. The van der Waals surface area contributed by atoms with E-state index in [1.807, 2.05) is 20.8 Å². The number of fused-ring (bicyclic) bond motifs is 1. The first kappa shape index (κ1) is 19.9. The molecule has 1 aliphatic rings. The van der Waals surface area contributed by atoms with Crippen molar-refractivity contribution in [2.45, 2.75) is 51.7 Å². The van der Waals surface area contributed by atoms with Gasteiger partial charge in [0.2, 0.25) is 0 Å². The van der Waals surface area contributed by atoms with Crippen molar-refractivity contribution in [3.8, 4) is 0 Å². The molecule has 28 heavy (non-hydrogen) atoms. The molecule has 0 unspecified atom stereocenters. The number of aliphatic carboxylic acids is 1. The van der Waals surface area contributed by atoms with Gasteiger partial charge in [0.15, 0.2) is 0 Å². The van der Waals surface area contributed by atoms with Crippen LogP contribution in [0.3, 0.4) is 0 Å². The van der Waals surface area contributed by atoms with Crippen molar-refractivity contribution in [1.82, 2.24) is 14.7 Å². The molecule has 0 bridgehead atoms. The summed E-state index contributed by atoms with van der Waals surface area (Å²) >= 11 is 0. The summed E-state index contributed by atoms with van der Waals surface area (Å²) in [7, 11) is 0. The maximum atomic E-state index is 12.9. The van der Waals surface area contributed by atoms with Gasteiger partial charge in [0.05, 0.1) is 23.5 Å². The van der Waals surface area contributed by atoms with Crippen LogP contribution in [-0.2, 0) is 16.0 Å². The van der Waals surface area contributed by atoms with Crippen molar-refractivity contribution in [3.05, 3.63) is 40.3 Å². The first-order valence-electron chi connectivity index (χ1n) is 9.36. The van der Waals surface area contributed by atoms with Crippen molar-refractivity contribution in [1.29, 1.82) is 0 Å². The molecule has 0 atom stereocenters. The Balaban J connectivity index is 1.85. The molecule has 0 aliphatic carbocycles. The van der Waals surface area contributed by atoms with Crippen LogP contribution in [0.1, 0.15) is 45.3 Å². The molecule has 2 aromatic rings. The van der Waals surface area contributed by atoms with Crippen molar-refractivity contribution in [2.24, 2.45) is 0 Å². The molecule has 150 valence electrons. The molecule has 8 nitrogen and oxygen atoms in total. The largest absolute Gasteiger partial charge is 0.481 e. The molecule has 2 heterocycles. The van der Waals surface area contributed by atoms with Gasteiger partial charge in [-0.25, -0.2) is 9.48 Å². The zero-order valence-corrected chi connectivity index (χ0v) is 16.3. The molecule has 1 aliphatic heterocycles. The summed E-state index contributed by atoms with van der Waals surface area (Å²) in [5.41, 5.74) is -0.422. The number of benzene rings is 1. The van der Waals surface area contributed by atoms with Crippen LogP contribution >= 0.6 is 0 Å². The average Bonchev–Trinajstić information content (AvgIpc) is 2.62. The van der Waals surface area contributed by atoms with Crippen molar-refractivity contribution >= 4 is 22.8 Å². The number of carbonyl (C=O) groups excluding carboxylic acids is 1. The number of amides is 1. The van der Waals surface area contributed by atoms with Crippen molar-refractivity contribution in [3.63, 3.8) is 0 Å². The molecule has 3 rings (SSSR count). The van der Waals surface area contributed by atoms with Crippen LogP contribution in [0.4, 0.5) is 4.79 Å². The molecule has 0 spiro atoms. The minimum absolute atomic E-state index is 0.191. The van der Waals surface area contributed by atoms with E-state index in [-0.39, 0.29) is 24.1 Å². The summed E-state index contributed by atoms with van der Waals surface area (Å²) in [6, 6.07) is 6.74. The van der Waals surface area contributed by atoms with Crippen LogP contribution < -0.4 is 5.56 Å². The van der Waals surface area contributed by atoms with Gasteiger partial charge in [-0.15, -0.1) is 0 Å². The summed E-state index contributed by atoms with van der Waals surface area (Å²) in [5, 5.41) is 14.6.